The normalized spacial score (nSPS) is 11.3. The second kappa shape index (κ2) is 10.3. The minimum atomic E-state index is -0.836. The first-order valence-corrected chi connectivity index (χ1v) is 10.1. The highest BCUT2D eigenvalue weighted by atomic mass is 16.6. The van der Waals surface area contributed by atoms with Crippen molar-refractivity contribution in [3.8, 4) is 11.5 Å². The molecule has 0 aliphatic rings. The van der Waals surface area contributed by atoms with Crippen LogP contribution < -0.4 is 9.47 Å². The Bertz CT molecular complexity index is 1190. The fourth-order valence-corrected chi connectivity index (χ4v) is 3.44. The molecule has 8 nitrogen and oxygen atoms in total. The number of esters is 2. The Morgan fingerprint density at radius 2 is 1.45 bits per heavy atom. The highest BCUT2D eigenvalue weighted by Crippen LogP contribution is 2.40. The average molecular weight is 447 g/mol. The van der Waals surface area contributed by atoms with Crippen LogP contribution in [0, 0.1) is 10.1 Å². The Kier molecular flexibility index (Phi) is 7.30. The van der Waals surface area contributed by atoms with Gasteiger partial charge in [-0.15, -0.1) is 0 Å². The van der Waals surface area contributed by atoms with E-state index < -0.39 is 40.0 Å². The topological polar surface area (TPSA) is 113 Å². The number of benzene rings is 3. The molecular formula is C25H21NO7. The van der Waals surface area contributed by atoms with Crippen LogP contribution in [0.5, 0.6) is 11.5 Å². The van der Waals surface area contributed by atoms with Gasteiger partial charge in [-0.1, -0.05) is 60.7 Å². The lowest BCUT2D eigenvalue weighted by Crippen LogP contribution is -2.17. The molecule has 0 radical (unpaired) electrons. The summed E-state index contributed by atoms with van der Waals surface area (Å²) >= 11 is 0. The van der Waals surface area contributed by atoms with Crippen LogP contribution in [0.15, 0.2) is 72.8 Å². The summed E-state index contributed by atoms with van der Waals surface area (Å²) in [6.45, 7) is 2.16. The maximum Gasteiger partial charge on any atom is 0.316 e. The summed E-state index contributed by atoms with van der Waals surface area (Å²) in [4.78, 5) is 47.6. The molecule has 0 heterocycles. The molecule has 0 saturated carbocycles. The maximum atomic E-state index is 13.6. The molecule has 0 aliphatic carbocycles. The first-order chi connectivity index (χ1) is 15.8. The van der Waals surface area contributed by atoms with Crippen LogP contribution in [-0.4, -0.2) is 22.6 Å². The van der Waals surface area contributed by atoms with Crippen LogP contribution in [0.1, 0.15) is 41.3 Å². The van der Waals surface area contributed by atoms with Crippen LogP contribution in [-0.2, 0) is 16.0 Å². The predicted molar refractivity (Wildman–Crippen MR) is 119 cm³/mol. The highest BCUT2D eigenvalue weighted by Gasteiger charge is 2.30. The van der Waals surface area contributed by atoms with E-state index >= 15 is 0 Å². The van der Waals surface area contributed by atoms with E-state index in [9.17, 15) is 24.5 Å². The molecular weight excluding hydrogens is 426 g/mol. The standard InChI is InChI=1S/C25H21NO7/c1-16(27)32-23-15-20(14-22(26(30)31)25(23)33-17(2)28)24(29)21(19-11-7-4-8-12-19)13-18-9-5-3-6-10-18/h3-12,14-15,21H,13H2,1-2H3. The molecule has 0 saturated heterocycles. The van der Waals surface area contributed by atoms with Gasteiger partial charge < -0.3 is 9.47 Å². The summed E-state index contributed by atoms with van der Waals surface area (Å²) in [5, 5.41) is 11.7. The van der Waals surface area contributed by atoms with E-state index in [1.54, 1.807) is 24.3 Å². The molecule has 0 fully saturated rings. The minimum Gasteiger partial charge on any atom is -0.422 e. The van der Waals surface area contributed by atoms with Crippen molar-refractivity contribution in [3.05, 3.63) is 99.6 Å². The van der Waals surface area contributed by atoms with E-state index in [-0.39, 0.29) is 11.3 Å². The lowest BCUT2D eigenvalue weighted by molar-refractivity contribution is -0.385. The van der Waals surface area contributed by atoms with Crippen molar-refractivity contribution in [2.75, 3.05) is 0 Å². The number of rotatable bonds is 8. The molecule has 3 aromatic rings. The Hall–Kier alpha value is -4.33. The van der Waals surface area contributed by atoms with Crippen molar-refractivity contribution >= 4 is 23.4 Å². The zero-order valence-corrected chi connectivity index (χ0v) is 18.0. The van der Waals surface area contributed by atoms with Crippen LogP contribution in [0.25, 0.3) is 0 Å². The zero-order valence-electron chi connectivity index (χ0n) is 18.0. The van der Waals surface area contributed by atoms with Crippen molar-refractivity contribution in [1.29, 1.82) is 0 Å². The fraction of sp³-hybridized carbons (Fsp3) is 0.160. The average Bonchev–Trinajstić information content (AvgIpc) is 2.78. The van der Waals surface area contributed by atoms with E-state index in [4.69, 9.17) is 9.47 Å². The summed E-state index contributed by atoms with van der Waals surface area (Å²) in [7, 11) is 0. The first-order valence-electron chi connectivity index (χ1n) is 10.1. The molecule has 168 valence electrons. The van der Waals surface area contributed by atoms with E-state index in [0.717, 1.165) is 31.0 Å². The Balaban J connectivity index is 2.13. The van der Waals surface area contributed by atoms with Gasteiger partial charge in [0, 0.05) is 25.5 Å². The van der Waals surface area contributed by atoms with Crippen molar-refractivity contribution in [2.24, 2.45) is 0 Å². The summed E-state index contributed by atoms with van der Waals surface area (Å²) < 4.78 is 10.0. The highest BCUT2D eigenvalue weighted by molar-refractivity contribution is 6.02. The van der Waals surface area contributed by atoms with E-state index in [1.807, 2.05) is 36.4 Å². The molecule has 0 spiro atoms. The molecule has 8 heteroatoms. The predicted octanol–water partition coefficient (Wildman–Crippen LogP) is 4.65. The van der Waals surface area contributed by atoms with E-state index in [2.05, 4.69) is 0 Å². The number of nitrogens with zero attached hydrogens (tertiary/aromatic N) is 1. The number of Topliss-reactive ketones (excluding diaryl/α,β-unsaturated/α-hetero) is 1. The lowest BCUT2D eigenvalue weighted by atomic mass is 9.85. The zero-order chi connectivity index (χ0) is 24.0. The van der Waals surface area contributed by atoms with Gasteiger partial charge in [0.2, 0.25) is 0 Å². The van der Waals surface area contributed by atoms with Crippen LogP contribution in [0.2, 0.25) is 0 Å². The first kappa shape index (κ1) is 23.3. The third-order valence-electron chi connectivity index (χ3n) is 4.82. The van der Waals surface area contributed by atoms with Gasteiger partial charge >= 0.3 is 17.6 Å². The third-order valence-corrected chi connectivity index (χ3v) is 4.82. The quantitative estimate of drug-likeness (QED) is 0.162. The third kappa shape index (κ3) is 5.88. The molecule has 33 heavy (non-hydrogen) atoms. The van der Waals surface area contributed by atoms with Crippen molar-refractivity contribution in [2.45, 2.75) is 26.2 Å². The van der Waals surface area contributed by atoms with Crippen LogP contribution in [0.3, 0.4) is 0 Å². The largest absolute Gasteiger partial charge is 0.422 e. The van der Waals surface area contributed by atoms with Gasteiger partial charge in [-0.3, -0.25) is 24.5 Å². The summed E-state index contributed by atoms with van der Waals surface area (Å²) in [6.07, 6.45) is 0.353. The molecule has 3 aromatic carbocycles. The van der Waals surface area contributed by atoms with Crippen molar-refractivity contribution in [3.63, 3.8) is 0 Å². The van der Waals surface area contributed by atoms with Crippen molar-refractivity contribution in [1.82, 2.24) is 0 Å². The van der Waals surface area contributed by atoms with Gasteiger partial charge in [-0.05, 0) is 23.6 Å². The summed E-state index contributed by atoms with van der Waals surface area (Å²) in [5.74, 6) is -3.59. The number of nitro groups is 1. The fourth-order valence-electron chi connectivity index (χ4n) is 3.44. The maximum absolute atomic E-state index is 13.6. The van der Waals surface area contributed by atoms with Gasteiger partial charge in [-0.25, -0.2) is 0 Å². The number of hydrogen-bond donors (Lipinski definition) is 0. The molecule has 3 rings (SSSR count). The van der Waals surface area contributed by atoms with Gasteiger partial charge in [-0.2, -0.15) is 0 Å². The lowest BCUT2D eigenvalue weighted by Gasteiger charge is -2.18. The smallest absolute Gasteiger partial charge is 0.316 e. The Labute approximate surface area is 189 Å². The molecule has 0 N–H and O–H groups in total. The molecule has 0 amide bonds. The Morgan fingerprint density at radius 1 is 0.879 bits per heavy atom. The Morgan fingerprint density at radius 3 is 2.00 bits per heavy atom. The van der Waals surface area contributed by atoms with E-state index in [0.29, 0.717) is 6.42 Å². The van der Waals surface area contributed by atoms with Gasteiger partial charge in [0.05, 0.1) is 10.8 Å². The monoisotopic (exact) mass is 447 g/mol. The molecule has 0 bridgehead atoms. The number of ketones is 1. The number of carbonyl (C=O) groups is 3. The number of hydrogen-bond acceptors (Lipinski definition) is 7. The summed E-state index contributed by atoms with van der Waals surface area (Å²) in [6, 6.07) is 20.6. The number of nitro benzene ring substituents is 1. The minimum absolute atomic E-state index is 0.0429. The summed E-state index contributed by atoms with van der Waals surface area (Å²) in [5.41, 5.74) is 0.940. The molecule has 0 aromatic heterocycles. The van der Waals surface area contributed by atoms with Crippen molar-refractivity contribution < 1.29 is 28.8 Å². The van der Waals surface area contributed by atoms with Gasteiger partial charge in [0.1, 0.15) is 0 Å². The molecule has 1 atom stereocenters. The van der Waals surface area contributed by atoms with Gasteiger partial charge in [0.15, 0.2) is 11.5 Å². The van der Waals surface area contributed by atoms with E-state index in [1.165, 1.54) is 6.07 Å². The second-order valence-electron chi connectivity index (χ2n) is 7.28. The van der Waals surface area contributed by atoms with Crippen LogP contribution >= 0.6 is 0 Å². The number of carbonyl (C=O) groups excluding carboxylic acids is 3. The number of ether oxygens (including phenoxy) is 2. The molecule has 1 unspecified atom stereocenters. The SMILES string of the molecule is CC(=O)Oc1cc(C(=O)C(Cc2ccccc2)c2ccccc2)cc([N+](=O)[O-])c1OC(C)=O. The molecule has 0 aliphatic heterocycles. The van der Waals surface area contributed by atoms with Crippen LogP contribution in [0.4, 0.5) is 5.69 Å². The second-order valence-corrected chi connectivity index (χ2v) is 7.28. The van der Waals surface area contributed by atoms with Gasteiger partial charge in [0.25, 0.3) is 5.75 Å².